The molecule has 0 atom stereocenters. The number of carbonyl (C=O) groups excluding carboxylic acids is 2. The highest BCUT2D eigenvalue weighted by Crippen LogP contribution is 2.29. The summed E-state index contributed by atoms with van der Waals surface area (Å²) in [6, 6.07) is 8.84. The Morgan fingerprint density at radius 1 is 1.06 bits per heavy atom. The summed E-state index contributed by atoms with van der Waals surface area (Å²) in [5, 5.41) is 5.23. The quantitative estimate of drug-likeness (QED) is 0.454. The molecule has 0 spiro atoms. The summed E-state index contributed by atoms with van der Waals surface area (Å²) >= 11 is 1.48. The van der Waals surface area contributed by atoms with Crippen molar-refractivity contribution in [2.75, 3.05) is 0 Å². The minimum Gasteiger partial charge on any atom is -0.267 e. The Balaban J connectivity index is 1.54. The summed E-state index contributed by atoms with van der Waals surface area (Å²) < 4.78 is 1.35. The monoisotopic (exact) mass is 438 g/mol. The van der Waals surface area contributed by atoms with Crippen molar-refractivity contribution in [2.24, 2.45) is 0 Å². The van der Waals surface area contributed by atoms with Gasteiger partial charge in [0, 0.05) is 16.8 Å². The molecule has 0 saturated carbocycles. The number of hydrogen-bond acceptors (Lipinski definition) is 5. The number of nitrogens with one attached hydrogen (secondary N) is 2. The number of aryl methyl sites for hydroxylation is 3. The number of carbonyl (C=O) groups is 2. The van der Waals surface area contributed by atoms with Gasteiger partial charge >= 0.3 is 0 Å². The molecule has 1 aliphatic rings. The number of unbranched alkanes of at least 4 members (excludes halogenated alkanes) is 2. The third-order valence-electron chi connectivity index (χ3n) is 5.57. The molecule has 4 rings (SSSR count). The molecule has 7 nitrogen and oxygen atoms in total. The standard InChI is InChI=1S/C23H26N4O3S/c1-2-3-8-13-27-23(30)17-11-6-5-10-16(17)20(26-27)22(29)25-24-21(28)19-14-15-9-4-7-12-18(15)31-19/h5-6,10-11,14H,2-4,7-9,12-13H2,1H3,(H,24,28)(H,25,29). The van der Waals surface area contributed by atoms with E-state index in [0.29, 0.717) is 22.2 Å². The van der Waals surface area contributed by atoms with E-state index in [9.17, 15) is 14.4 Å². The number of rotatable bonds is 6. The number of benzene rings is 1. The fraction of sp³-hybridized carbons (Fsp3) is 0.391. The van der Waals surface area contributed by atoms with Crippen LogP contribution < -0.4 is 16.4 Å². The van der Waals surface area contributed by atoms with E-state index in [4.69, 9.17) is 0 Å². The van der Waals surface area contributed by atoms with Gasteiger partial charge in [0.1, 0.15) is 0 Å². The van der Waals surface area contributed by atoms with Crippen LogP contribution >= 0.6 is 11.3 Å². The third-order valence-corrected chi connectivity index (χ3v) is 6.80. The van der Waals surface area contributed by atoms with Crippen LogP contribution in [0.5, 0.6) is 0 Å². The van der Waals surface area contributed by atoms with E-state index in [0.717, 1.165) is 44.9 Å². The Labute approximate surface area is 184 Å². The van der Waals surface area contributed by atoms with Crippen molar-refractivity contribution < 1.29 is 9.59 Å². The van der Waals surface area contributed by atoms with E-state index in [1.165, 1.54) is 26.5 Å². The number of hydrogen-bond donors (Lipinski definition) is 2. The first kappa shape index (κ1) is 21.2. The molecule has 8 heteroatoms. The number of hydrazine groups is 1. The molecule has 2 N–H and O–H groups in total. The van der Waals surface area contributed by atoms with Crippen molar-refractivity contribution in [3.63, 3.8) is 0 Å². The van der Waals surface area contributed by atoms with Crippen molar-refractivity contribution in [1.29, 1.82) is 0 Å². The minimum atomic E-state index is -0.546. The van der Waals surface area contributed by atoms with E-state index < -0.39 is 5.91 Å². The molecule has 1 aliphatic carbocycles. The highest BCUT2D eigenvalue weighted by atomic mass is 32.1. The smallest absolute Gasteiger partial charge is 0.267 e. The van der Waals surface area contributed by atoms with Crippen molar-refractivity contribution in [3.8, 4) is 0 Å². The second kappa shape index (κ2) is 9.43. The van der Waals surface area contributed by atoms with Gasteiger partial charge in [-0.25, -0.2) is 4.68 Å². The molecular weight excluding hydrogens is 412 g/mol. The molecule has 0 aliphatic heterocycles. The number of thiophene rings is 1. The molecule has 162 valence electrons. The minimum absolute atomic E-state index is 0.123. The van der Waals surface area contributed by atoms with E-state index in [1.54, 1.807) is 24.3 Å². The van der Waals surface area contributed by atoms with Crippen molar-refractivity contribution >= 4 is 33.9 Å². The first-order valence-corrected chi connectivity index (χ1v) is 11.6. The zero-order chi connectivity index (χ0) is 21.8. The van der Waals surface area contributed by atoms with Gasteiger partial charge in [0.25, 0.3) is 17.4 Å². The molecule has 31 heavy (non-hydrogen) atoms. The largest absolute Gasteiger partial charge is 0.290 e. The summed E-state index contributed by atoms with van der Waals surface area (Å²) in [6.07, 6.45) is 7.11. The van der Waals surface area contributed by atoms with Gasteiger partial charge in [-0.05, 0) is 49.8 Å². The van der Waals surface area contributed by atoms with E-state index in [1.807, 2.05) is 6.07 Å². The molecule has 2 heterocycles. The molecule has 0 fully saturated rings. The maximum atomic E-state index is 12.9. The second-order valence-electron chi connectivity index (χ2n) is 7.80. The normalized spacial score (nSPS) is 13.1. The molecule has 0 unspecified atom stereocenters. The summed E-state index contributed by atoms with van der Waals surface area (Å²) in [4.78, 5) is 40.0. The van der Waals surface area contributed by atoms with E-state index in [2.05, 4.69) is 22.9 Å². The summed E-state index contributed by atoms with van der Waals surface area (Å²) in [6.45, 7) is 2.53. The van der Waals surface area contributed by atoms with Gasteiger partial charge in [-0.2, -0.15) is 5.10 Å². The van der Waals surface area contributed by atoms with Gasteiger partial charge in [0.15, 0.2) is 5.69 Å². The van der Waals surface area contributed by atoms with Gasteiger partial charge in [0.05, 0.1) is 10.3 Å². The van der Waals surface area contributed by atoms with Gasteiger partial charge < -0.3 is 0 Å². The lowest BCUT2D eigenvalue weighted by Gasteiger charge is -2.11. The number of amides is 2. The molecule has 2 amide bonds. The molecule has 0 saturated heterocycles. The van der Waals surface area contributed by atoms with Crippen LogP contribution in [0.4, 0.5) is 0 Å². The average molecular weight is 439 g/mol. The molecule has 3 aromatic rings. The maximum absolute atomic E-state index is 12.9. The highest BCUT2D eigenvalue weighted by molar-refractivity contribution is 7.14. The number of aromatic nitrogens is 2. The Morgan fingerprint density at radius 2 is 1.81 bits per heavy atom. The molecular formula is C23H26N4O3S. The van der Waals surface area contributed by atoms with Crippen LogP contribution in [0.25, 0.3) is 10.8 Å². The molecule has 1 aromatic carbocycles. The van der Waals surface area contributed by atoms with Crippen molar-refractivity contribution in [2.45, 2.75) is 58.4 Å². The first-order valence-electron chi connectivity index (χ1n) is 10.8. The predicted molar refractivity (Wildman–Crippen MR) is 121 cm³/mol. The Morgan fingerprint density at radius 3 is 2.58 bits per heavy atom. The summed E-state index contributed by atoms with van der Waals surface area (Å²) in [7, 11) is 0. The van der Waals surface area contributed by atoms with Crippen LogP contribution in [0.15, 0.2) is 35.1 Å². The highest BCUT2D eigenvalue weighted by Gasteiger charge is 2.20. The lowest BCUT2D eigenvalue weighted by atomic mass is 9.99. The molecule has 0 bridgehead atoms. The summed E-state index contributed by atoms with van der Waals surface area (Å²) in [5.74, 6) is -0.886. The summed E-state index contributed by atoms with van der Waals surface area (Å²) in [5.41, 5.74) is 6.12. The van der Waals surface area contributed by atoms with Crippen LogP contribution in [0.1, 0.15) is 69.6 Å². The Hall–Kier alpha value is -3.00. The zero-order valence-electron chi connectivity index (χ0n) is 17.6. The van der Waals surface area contributed by atoms with E-state index in [-0.39, 0.29) is 17.2 Å². The lowest BCUT2D eigenvalue weighted by molar-refractivity contribution is 0.0845. The third kappa shape index (κ3) is 4.54. The fourth-order valence-corrected chi connectivity index (χ4v) is 5.05. The lowest BCUT2D eigenvalue weighted by Crippen LogP contribution is -2.42. The Kier molecular flexibility index (Phi) is 6.46. The van der Waals surface area contributed by atoms with Crippen LogP contribution in [0.2, 0.25) is 0 Å². The maximum Gasteiger partial charge on any atom is 0.290 e. The van der Waals surface area contributed by atoms with Gasteiger partial charge in [0.2, 0.25) is 0 Å². The number of fused-ring (bicyclic) bond motifs is 2. The second-order valence-corrected chi connectivity index (χ2v) is 8.94. The van der Waals surface area contributed by atoms with Crippen LogP contribution in [-0.4, -0.2) is 21.6 Å². The van der Waals surface area contributed by atoms with Crippen LogP contribution in [0.3, 0.4) is 0 Å². The van der Waals surface area contributed by atoms with Gasteiger partial charge in [-0.15, -0.1) is 11.3 Å². The SMILES string of the molecule is CCCCCn1nc(C(=O)NNC(=O)c2cc3c(s2)CCCC3)c2ccccc2c1=O. The van der Waals surface area contributed by atoms with Crippen LogP contribution in [-0.2, 0) is 19.4 Å². The zero-order valence-corrected chi connectivity index (χ0v) is 18.4. The first-order chi connectivity index (χ1) is 15.1. The van der Waals surface area contributed by atoms with E-state index >= 15 is 0 Å². The van der Waals surface area contributed by atoms with Crippen LogP contribution in [0, 0.1) is 0 Å². The number of nitrogens with zero attached hydrogens (tertiary/aromatic N) is 2. The van der Waals surface area contributed by atoms with Gasteiger partial charge in [-0.3, -0.25) is 25.2 Å². The molecule has 2 aromatic heterocycles. The fourth-order valence-electron chi connectivity index (χ4n) is 3.90. The van der Waals surface area contributed by atoms with Crippen molar-refractivity contribution in [1.82, 2.24) is 20.6 Å². The average Bonchev–Trinajstić information content (AvgIpc) is 3.23. The molecule has 0 radical (unpaired) electrons. The van der Waals surface area contributed by atoms with Gasteiger partial charge in [-0.1, -0.05) is 38.0 Å². The Bertz CT molecular complexity index is 1160. The van der Waals surface area contributed by atoms with Crippen molar-refractivity contribution in [3.05, 3.63) is 61.7 Å². The topological polar surface area (TPSA) is 93.1 Å². The predicted octanol–water partition coefficient (Wildman–Crippen LogP) is 3.60.